The molecule has 2 unspecified atom stereocenters. The van der Waals surface area contributed by atoms with E-state index in [9.17, 15) is 4.39 Å². The Morgan fingerprint density at radius 2 is 1.90 bits per heavy atom. The van der Waals surface area contributed by atoms with Gasteiger partial charge in [-0.15, -0.1) is 0 Å². The summed E-state index contributed by atoms with van der Waals surface area (Å²) in [5.41, 5.74) is 1.45. The quantitative estimate of drug-likeness (QED) is 0.867. The molecule has 2 saturated carbocycles. The van der Waals surface area contributed by atoms with E-state index in [1.54, 1.807) is 12.1 Å². The first-order valence-corrected chi connectivity index (χ1v) is 8.35. The van der Waals surface area contributed by atoms with Gasteiger partial charge in [-0.05, 0) is 62.1 Å². The summed E-state index contributed by atoms with van der Waals surface area (Å²) < 4.78 is 19.3. The maximum atomic E-state index is 13.1. The van der Waals surface area contributed by atoms with Gasteiger partial charge in [0.1, 0.15) is 5.82 Å². The highest BCUT2D eigenvalue weighted by molar-refractivity contribution is 5.20. The summed E-state index contributed by atoms with van der Waals surface area (Å²) in [6.45, 7) is 1.94. The molecular formula is C18H24FNO. The van der Waals surface area contributed by atoms with Crippen molar-refractivity contribution >= 4 is 0 Å². The zero-order chi connectivity index (χ0) is 14.3. The van der Waals surface area contributed by atoms with Gasteiger partial charge in [-0.25, -0.2) is 4.39 Å². The first-order chi connectivity index (χ1) is 10.3. The summed E-state index contributed by atoms with van der Waals surface area (Å²) in [6.07, 6.45) is 7.81. The fourth-order valence-corrected chi connectivity index (χ4v) is 3.83. The molecule has 1 N–H and O–H groups in total. The first-order valence-electron chi connectivity index (χ1n) is 8.35. The third-order valence-corrected chi connectivity index (χ3v) is 5.34. The third-order valence-electron chi connectivity index (χ3n) is 5.34. The van der Waals surface area contributed by atoms with Crippen molar-refractivity contribution in [2.45, 2.75) is 50.7 Å². The predicted octanol–water partition coefficient (Wildman–Crippen LogP) is 3.31. The van der Waals surface area contributed by atoms with Crippen molar-refractivity contribution in [3.05, 3.63) is 35.6 Å². The lowest BCUT2D eigenvalue weighted by Crippen LogP contribution is -2.44. The highest BCUT2D eigenvalue weighted by Gasteiger charge is 2.51. The van der Waals surface area contributed by atoms with Gasteiger partial charge >= 0.3 is 0 Å². The van der Waals surface area contributed by atoms with E-state index in [1.165, 1.54) is 31.2 Å². The van der Waals surface area contributed by atoms with E-state index >= 15 is 0 Å². The third kappa shape index (κ3) is 3.00. The van der Waals surface area contributed by atoms with Crippen LogP contribution in [0.5, 0.6) is 0 Å². The van der Waals surface area contributed by atoms with Crippen LogP contribution < -0.4 is 5.32 Å². The molecule has 2 aliphatic carbocycles. The smallest absolute Gasteiger partial charge is 0.123 e. The van der Waals surface area contributed by atoms with Gasteiger partial charge in [-0.3, -0.25) is 0 Å². The van der Waals surface area contributed by atoms with E-state index in [4.69, 9.17) is 4.74 Å². The highest BCUT2D eigenvalue weighted by atomic mass is 19.1. The largest absolute Gasteiger partial charge is 0.377 e. The lowest BCUT2D eigenvalue weighted by atomic mass is 9.74. The molecular weight excluding hydrogens is 265 g/mol. The molecule has 114 valence electrons. The van der Waals surface area contributed by atoms with Crippen molar-refractivity contribution in [3.63, 3.8) is 0 Å². The molecule has 21 heavy (non-hydrogen) atoms. The van der Waals surface area contributed by atoms with Crippen LogP contribution in [0.4, 0.5) is 4.39 Å². The molecule has 3 heteroatoms. The maximum Gasteiger partial charge on any atom is 0.123 e. The summed E-state index contributed by atoms with van der Waals surface area (Å²) in [7, 11) is 0. The summed E-state index contributed by atoms with van der Waals surface area (Å²) in [4.78, 5) is 0. The molecule has 1 saturated heterocycles. The van der Waals surface area contributed by atoms with Gasteiger partial charge in [0.15, 0.2) is 0 Å². The van der Waals surface area contributed by atoms with Gasteiger partial charge in [0.2, 0.25) is 0 Å². The van der Waals surface area contributed by atoms with Crippen LogP contribution in [0.25, 0.3) is 0 Å². The number of hydrogen-bond acceptors (Lipinski definition) is 2. The Labute approximate surface area is 126 Å². The summed E-state index contributed by atoms with van der Waals surface area (Å²) in [6, 6.07) is 7.78. The Morgan fingerprint density at radius 3 is 2.57 bits per heavy atom. The van der Waals surface area contributed by atoms with Crippen molar-refractivity contribution in [2.75, 3.05) is 13.2 Å². The number of halogens is 1. The van der Waals surface area contributed by atoms with Gasteiger partial charge in [0.05, 0.1) is 6.10 Å². The Balaban J connectivity index is 1.54. The Hall–Kier alpha value is -0.930. The molecule has 0 amide bonds. The normalized spacial score (nSPS) is 32.5. The van der Waals surface area contributed by atoms with E-state index in [0.29, 0.717) is 6.10 Å². The number of hydrogen-bond donors (Lipinski definition) is 1. The molecule has 3 fully saturated rings. The van der Waals surface area contributed by atoms with Gasteiger partial charge < -0.3 is 10.1 Å². The Bertz CT molecular complexity index is 494. The van der Waals surface area contributed by atoms with Crippen LogP contribution in [-0.2, 0) is 11.2 Å². The fourth-order valence-electron chi connectivity index (χ4n) is 3.83. The molecule has 0 bridgehead atoms. The molecule has 0 radical (unpaired) electrons. The van der Waals surface area contributed by atoms with Gasteiger partial charge in [-0.1, -0.05) is 12.1 Å². The molecule has 1 heterocycles. The van der Waals surface area contributed by atoms with Crippen LogP contribution >= 0.6 is 0 Å². The minimum absolute atomic E-state index is 0.148. The predicted molar refractivity (Wildman–Crippen MR) is 80.6 cm³/mol. The Morgan fingerprint density at radius 1 is 1.14 bits per heavy atom. The number of ether oxygens (including phenoxy) is 1. The molecule has 0 aromatic heterocycles. The van der Waals surface area contributed by atoms with Crippen LogP contribution in [0.1, 0.15) is 37.7 Å². The van der Waals surface area contributed by atoms with Crippen molar-refractivity contribution < 1.29 is 9.13 Å². The molecule has 1 aromatic rings. The zero-order valence-corrected chi connectivity index (χ0v) is 12.5. The first kappa shape index (κ1) is 13.7. The number of rotatable bonds is 6. The molecule has 3 aliphatic rings. The molecule has 0 spiro atoms. The van der Waals surface area contributed by atoms with E-state index in [-0.39, 0.29) is 11.2 Å². The monoisotopic (exact) mass is 289 g/mol. The maximum absolute atomic E-state index is 13.1. The van der Waals surface area contributed by atoms with Crippen LogP contribution in [0.2, 0.25) is 0 Å². The topological polar surface area (TPSA) is 21.3 Å². The fraction of sp³-hybridized carbons (Fsp3) is 0.667. The van der Waals surface area contributed by atoms with Crippen LogP contribution in [0.3, 0.4) is 0 Å². The minimum atomic E-state index is -0.148. The lowest BCUT2D eigenvalue weighted by Gasteiger charge is -2.35. The average molecular weight is 289 g/mol. The van der Waals surface area contributed by atoms with Crippen molar-refractivity contribution in [2.24, 2.45) is 11.3 Å². The van der Waals surface area contributed by atoms with Crippen LogP contribution in [-0.4, -0.2) is 25.3 Å². The van der Waals surface area contributed by atoms with Crippen molar-refractivity contribution in [3.8, 4) is 0 Å². The van der Waals surface area contributed by atoms with E-state index < -0.39 is 0 Å². The number of benzene rings is 1. The molecule has 1 aromatic carbocycles. The summed E-state index contributed by atoms with van der Waals surface area (Å²) in [5, 5.41) is 3.73. The second-order valence-electron chi connectivity index (χ2n) is 7.20. The van der Waals surface area contributed by atoms with E-state index in [0.717, 1.165) is 38.0 Å². The molecule has 1 aliphatic heterocycles. The van der Waals surface area contributed by atoms with Crippen molar-refractivity contribution in [1.82, 2.24) is 5.32 Å². The Kier molecular flexibility index (Phi) is 3.50. The summed E-state index contributed by atoms with van der Waals surface area (Å²) >= 11 is 0. The van der Waals surface area contributed by atoms with E-state index in [2.05, 4.69) is 5.32 Å². The molecule has 2 atom stereocenters. The van der Waals surface area contributed by atoms with Crippen LogP contribution in [0.15, 0.2) is 24.3 Å². The molecule has 2 nitrogen and oxygen atoms in total. The second-order valence-corrected chi connectivity index (χ2v) is 7.20. The zero-order valence-electron chi connectivity index (χ0n) is 12.5. The average Bonchev–Trinajstić information content (AvgIpc) is 3.40. The number of nitrogens with one attached hydrogen (secondary N) is 1. The lowest BCUT2D eigenvalue weighted by molar-refractivity contribution is 0.0305. The highest BCUT2D eigenvalue weighted by Crippen LogP contribution is 2.49. The minimum Gasteiger partial charge on any atom is -0.377 e. The second kappa shape index (κ2) is 5.36. The summed E-state index contributed by atoms with van der Waals surface area (Å²) in [5.74, 6) is 0.610. The standard InChI is InChI=1S/C18H24FNO/c19-15-5-1-13(2-6-15)11-18(12-20-16-7-8-16)9-10-21-17(18)14-3-4-14/h1-2,5-6,14,16-17,20H,3-4,7-12H2. The van der Waals surface area contributed by atoms with Gasteiger partial charge in [-0.2, -0.15) is 0 Å². The van der Waals surface area contributed by atoms with Gasteiger partial charge in [0.25, 0.3) is 0 Å². The van der Waals surface area contributed by atoms with E-state index in [1.807, 2.05) is 12.1 Å². The molecule has 4 rings (SSSR count). The SMILES string of the molecule is Fc1ccc(CC2(CNC3CC3)CCOC2C2CC2)cc1. The van der Waals surface area contributed by atoms with Crippen molar-refractivity contribution in [1.29, 1.82) is 0 Å². The van der Waals surface area contributed by atoms with Crippen LogP contribution in [0, 0.1) is 17.2 Å². The van der Waals surface area contributed by atoms with Gasteiger partial charge in [0, 0.05) is 24.6 Å².